The smallest absolute Gasteiger partial charge is 0.251 e. The molecule has 1 aromatic carbocycles. The molecule has 1 fully saturated rings. The van der Waals surface area contributed by atoms with Crippen LogP contribution in [0, 0.1) is 13.8 Å². The lowest BCUT2D eigenvalue weighted by Crippen LogP contribution is -2.45. The summed E-state index contributed by atoms with van der Waals surface area (Å²) >= 11 is 0. The van der Waals surface area contributed by atoms with Gasteiger partial charge in [-0.1, -0.05) is 18.2 Å². The Hall–Kier alpha value is -1.39. The Labute approximate surface area is 108 Å². The number of rotatable bonds is 3. The highest BCUT2D eigenvalue weighted by molar-refractivity contribution is 5.97. The highest BCUT2D eigenvalue weighted by Crippen LogP contribution is 2.12. The van der Waals surface area contributed by atoms with Crippen molar-refractivity contribution in [3.05, 3.63) is 34.9 Å². The molecule has 98 valence electrons. The fourth-order valence-electron chi connectivity index (χ4n) is 2.22. The Balaban J connectivity index is 1.95. The molecule has 1 aromatic rings. The van der Waals surface area contributed by atoms with Gasteiger partial charge in [0, 0.05) is 25.2 Å². The summed E-state index contributed by atoms with van der Waals surface area (Å²) in [7, 11) is 0. The number of hydrogen-bond donors (Lipinski definition) is 2. The Kier molecular flexibility index (Phi) is 4.33. The van der Waals surface area contributed by atoms with Crippen molar-refractivity contribution in [1.29, 1.82) is 0 Å². The van der Waals surface area contributed by atoms with Crippen molar-refractivity contribution in [2.45, 2.75) is 20.0 Å². The van der Waals surface area contributed by atoms with E-state index in [2.05, 4.69) is 10.6 Å². The predicted octanol–water partition coefficient (Wildman–Crippen LogP) is 1.02. The van der Waals surface area contributed by atoms with Crippen molar-refractivity contribution in [3.8, 4) is 0 Å². The van der Waals surface area contributed by atoms with Crippen LogP contribution in [0.2, 0.25) is 0 Å². The third-order valence-corrected chi connectivity index (χ3v) is 3.20. The second kappa shape index (κ2) is 5.98. The van der Waals surface area contributed by atoms with E-state index >= 15 is 0 Å². The van der Waals surface area contributed by atoms with Gasteiger partial charge in [0.25, 0.3) is 5.91 Å². The van der Waals surface area contributed by atoms with Crippen molar-refractivity contribution in [3.63, 3.8) is 0 Å². The second-order valence-electron chi connectivity index (χ2n) is 4.67. The fourth-order valence-corrected chi connectivity index (χ4v) is 2.22. The van der Waals surface area contributed by atoms with Gasteiger partial charge in [0.2, 0.25) is 0 Å². The van der Waals surface area contributed by atoms with E-state index in [0.29, 0.717) is 13.2 Å². The maximum atomic E-state index is 12.1. The van der Waals surface area contributed by atoms with Gasteiger partial charge in [-0.25, -0.2) is 0 Å². The van der Waals surface area contributed by atoms with Crippen LogP contribution in [0.25, 0.3) is 0 Å². The first kappa shape index (κ1) is 13.1. The minimum atomic E-state index is -0.0141. The number of carbonyl (C=O) groups is 1. The summed E-state index contributed by atoms with van der Waals surface area (Å²) in [5, 5.41) is 6.19. The van der Waals surface area contributed by atoms with E-state index in [0.717, 1.165) is 29.8 Å². The molecule has 1 aliphatic rings. The number of ether oxygens (including phenoxy) is 1. The van der Waals surface area contributed by atoms with E-state index in [-0.39, 0.29) is 12.0 Å². The van der Waals surface area contributed by atoms with Gasteiger partial charge in [-0.2, -0.15) is 0 Å². The van der Waals surface area contributed by atoms with Crippen LogP contribution in [0.15, 0.2) is 18.2 Å². The fraction of sp³-hybridized carbons (Fsp3) is 0.500. The quantitative estimate of drug-likeness (QED) is 0.839. The molecule has 1 saturated heterocycles. The topological polar surface area (TPSA) is 50.4 Å². The molecule has 4 heteroatoms. The molecule has 0 aliphatic carbocycles. The van der Waals surface area contributed by atoms with E-state index in [4.69, 9.17) is 4.74 Å². The van der Waals surface area contributed by atoms with Crippen molar-refractivity contribution >= 4 is 5.91 Å². The molecule has 0 aromatic heterocycles. The number of carbonyl (C=O) groups excluding carboxylic acids is 1. The van der Waals surface area contributed by atoms with Gasteiger partial charge in [-0.15, -0.1) is 0 Å². The van der Waals surface area contributed by atoms with Gasteiger partial charge in [-0.05, 0) is 25.0 Å². The Morgan fingerprint density at radius 2 is 2.17 bits per heavy atom. The van der Waals surface area contributed by atoms with E-state index < -0.39 is 0 Å². The first-order valence-corrected chi connectivity index (χ1v) is 6.35. The summed E-state index contributed by atoms with van der Waals surface area (Å²) in [6.45, 7) is 6.87. The van der Waals surface area contributed by atoms with E-state index in [9.17, 15) is 4.79 Å². The lowest BCUT2D eigenvalue weighted by atomic mass is 10.0. The summed E-state index contributed by atoms with van der Waals surface area (Å²) in [6.07, 6.45) is 0.0759. The average Bonchev–Trinajstić information content (AvgIpc) is 2.37. The molecule has 1 unspecified atom stereocenters. The molecule has 2 N–H and O–H groups in total. The molecular weight excluding hydrogens is 228 g/mol. The van der Waals surface area contributed by atoms with Crippen molar-refractivity contribution in [2.75, 3.05) is 26.2 Å². The second-order valence-corrected chi connectivity index (χ2v) is 4.67. The largest absolute Gasteiger partial charge is 0.374 e. The van der Waals surface area contributed by atoms with E-state index in [1.807, 2.05) is 32.0 Å². The van der Waals surface area contributed by atoms with Gasteiger partial charge in [0.1, 0.15) is 0 Å². The zero-order chi connectivity index (χ0) is 13.0. The molecule has 1 heterocycles. The summed E-state index contributed by atoms with van der Waals surface area (Å²) in [4.78, 5) is 12.1. The van der Waals surface area contributed by atoms with Crippen LogP contribution in [0.3, 0.4) is 0 Å². The minimum Gasteiger partial charge on any atom is -0.374 e. The van der Waals surface area contributed by atoms with Crippen molar-refractivity contribution in [2.24, 2.45) is 0 Å². The number of hydrogen-bond acceptors (Lipinski definition) is 3. The third-order valence-electron chi connectivity index (χ3n) is 3.20. The molecule has 2 rings (SSSR count). The monoisotopic (exact) mass is 248 g/mol. The van der Waals surface area contributed by atoms with Crippen LogP contribution in [0.5, 0.6) is 0 Å². The maximum Gasteiger partial charge on any atom is 0.251 e. The van der Waals surface area contributed by atoms with Gasteiger partial charge >= 0.3 is 0 Å². The lowest BCUT2D eigenvalue weighted by Gasteiger charge is -2.24. The van der Waals surface area contributed by atoms with Crippen LogP contribution in [-0.4, -0.2) is 38.3 Å². The molecule has 0 saturated carbocycles. The van der Waals surface area contributed by atoms with Gasteiger partial charge in [-0.3, -0.25) is 4.79 Å². The average molecular weight is 248 g/mol. The van der Waals surface area contributed by atoms with E-state index in [1.54, 1.807) is 0 Å². The summed E-state index contributed by atoms with van der Waals surface area (Å²) in [6, 6.07) is 5.89. The van der Waals surface area contributed by atoms with Crippen LogP contribution in [0.4, 0.5) is 0 Å². The lowest BCUT2D eigenvalue weighted by molar-refractivity contribution is 0.0287. The molecule has 18 heavy (non-hydrogen) atoms. The van der Waals surface area contributed by atoms with Crippen LogP contribution >= 0.6 is 0 Å². The molecule has 1 atom stereocenters. The first-order valence-electron chi connectivity index (χ1n) is 6.35. The Bertz CT molecular complexity index is 406. The summed E-state index contributed by atoms with van der Waals surface area (Å²) in [5.74, 6) is -0.0141. The number of morpholine rings is 1. The highest BCUT2D eigenvalue weighted by atomic mass is 16.5. The number of benzene rings is 1. The molecule has 0 bridgehead atoms. The summed E-state index contributed by atoms with van der Waals surface area (Å²) in [5.41, 5.74) is 2.80. The van der Waals surface area contributed by atoms with Gasteiger partial charge < -0.3 is 15.4 Å². The molecule has 1 amide bonds. The SMILES string of the molecule is Cc1cccc(C)c1C(=O)NCC1CNCCO1. The standard InChI is InChI=1S/C14H20N2O2/c1-10-4-3-5-11(2)13(10)14(17)16-9-12-8-15-6-7-18-12/h3-5,12,15H,6-9H2,1-2H3,(H,16,17). The zero-order valence-corrected chi connectivity index (χ0v) is 11.0. The molecule has 0 radical (unpaired) electrons. The van der Waals surface area contributed by atoms with E-state index in [1.165, 1.54) is 0 Å². The van der Waals surface area contributed by atoms with Crippen molar-refractivity contribution < 1.29 is 9.53 Å². The molecule has 0 spiro atoms. The first-order chi connectivity index (χ1) is 8.68. The minimum absolute atomic E-state index is 0.0141. The van der Waals surface area contributed by atoms with Crippen molar-refractivity contribution in [1.82, 2.24) is 10.6 Å². The Morgan fingerprint density at radius 1 is 1.44 bits per heavy atom. The maximum absolute atomic E-state index is 12.1. The number of nitrogens with one attached hydrogen (secondary N) is 2. The number of aryl methyl sites for hydroxylation is 2. The molecular formula is C14H20N2O2. The Morgan fingerprint density at radius 3 is 2.78 bits per heavy atom. The zero-order valence-electron chi connectivity index (χ0n) is 11.0. The molecule has 4 nitrogen and oxygen atoms in total. The highest BCUT2D eigenvalue weighted by Gasteiger charge is 2.16. The van der Waals surface area contributed by atoms with Crippen LogP contribution in [-0.2, 0) is 4.74 Å². The van der Waals surface area contributed by atoms with Crippen LogP contribution in [0.1, 0.15) is 21.5 Å². The number of amides is 1. The normalized spacial score (nSPS) is 19.6. The van der Waals surface area contributed by atoms with Crippen LogP contribution < -0.4 is 10.6 Å². The summed E-state index contributed by atoms with van der Waals surface area (Å²) < 4.78 is 5.55. The predicted molar refractivity (Wildman–Crippen MR) is 70.9 cm³/mol. The molecule has 1 aliphatic heterocycles. The van der Waals surface area contributed by atoms with Gasteiger partial charge in [0.05, 0.1) is 12.7 Å². The van der Waals surface area contributed by atoms with Gasteiger partial charge in [0.15, 0.2) is 0 Å². The third kappa shape index (κ3) is 3.09.